The van der Waals surface area contributed by atoms with Crippen LogP contribution in [0.15, 0.2) is 75.5 Å². The van der Waals surface area contributed by atoms with E-state index in [9.17, 15) is 18.0 Å². The van der Waals surface area contributed by atoms with Crippen molar-refractivity contribution < 1.29 is 8.42 Å². The molecule has 0 saturated heterocycles. The third-order valence-corrected chi connectivity index (χ3v) is 7.63. The molecule has 10 heteroatoms. The molecule has 1 atom stereocenters. The van der Waals surface area contributed by atoms with Crippen molar-refractivity contribution in [3.8, 4) is 5.69 Å². The number of benzene rings is 2. The van der Waals surface area contributed by atoms with Crippen molar-refractivity contribution in [2.45, 2.75) is 17.9 Å². The van der Waals surface area contributed by atoms with Crippen molar-refractivity contribution in [2.75, 3.05) is 7.05 Å². The van der Waals surface area contributed by atoms with Crippen molar-refractivity contribution in [2.24, 2.45) is 14.1 Å². The first-order chi connectivity index (χ1) is 15.1. The third-order valence-electron chi connectivity index (χ3n) is 5.72. The van der Waals surface area contributed by atoms with Crippen LogP contribution in [0.5, 0.6) is 0 Å². The quantitative estimate of drug-likeness (QED) is 0.459. The highest BCUT2D eigenvalue weighted by Gasteiger charge is 2.30. The number of aryl methyl sites for hydroxylation is 1. The first-order valence-electron chi connectivity index (χ1n) is 9.90. The molecule has 0 fully saturated rings. The van der Waals surface area contributed by atoms with E-state index in [-0.39, 0.29) is 0 Å². The Hall–Kier alpha value is -3.50. The molecule has 9 nitrogen and oxygen atoms in total. The second-order valence-electron chi connectivity index (χ2n) is 7.64. The Kier molecular flexibility index (Phi) is 5.35. The summed E-state index contributed by atoms with van der Waals surface area (Å²) in [6, 6.07) is 14.7. The molecule has 0 saturated carbocycles. The summed E-state index contributed by atoms with van der Waals surface area (Å²) in [5.74, 6) is 0. The zero-order valence-corrected chi connectivity index (χ0v) is 18.9. The van der Waals surface area contributed by atoms with Crippen LogP contribution in [-0.4, -0.2) is 38.5 Å². The summed E-state index contributed by atoms with van der Waals surface area (Å²) in [4.78, 5) is 28.3. The molecule has 0 N–H and O–H groups in total. The minimum Gasteiger partial charge on any atom is -0.302 e. The lowest BCUT2D eigenvalue weighted by Crippen LogP contribution is -2.42. The number of sulfonamides is 1. The number of aromatic nitrogens is 4. The molecule has 0 bridgehead atoms. The zero-order valence-electron chi connectivity index (χ0n) is 18.1. The van der Waals surface area contributed by atoms with Crippen LogP contribution in [0.3, 0.4) is 0 Å². The monoisotopic (exact) mass is 453 g/mol. The van der Waals surface area contributed by atoms with Crippen molar-refractivity contribution in [1.82, 2.24) is 23.0 Å². The predicted octanol–water partition coefficient (Wildman–Crippen LogP) is 1.80. The molecule has 2 aromatic heterocycles. The van der Waals surface area contributed by atoms with Crippen LogP contribution in [0.2, 0.25) is 0 Å². The average Bonchev–Trinajstić information content (AvgIpc) is 3.23. The summed E-state index contributed by atoms with van der Waals surface area (Å²) in [6.07, 6.45) is 2.81. The van der Waals surface area contributed by atoms with Gasteiger partial charge in [-0.15, -0.1) is 0 Å². The van der Waals surface area contributed by atoms with E-state index in [2.05, 4.69) is 4.98 Å². The number of nitrogens with zero attached hydrogens (tertiary/aromatic N) is 5. The van der Waals surface area contributed by atoms with Gasteiger partial charge in [-0.25, -0.2) is 18.2 Å². The fourth-order valence-corrected chi connectivity index (χ4v) is 5.10. The Morgan fingerprint density at radius 1 is 1.00 bits per heavy atom. The summed E-state index contributed by atoms with van der Waals surface area (Å²) < 4.78 is 31.3. The SMILES string of the molecule is C[C@H](c1ccc(-n2cnc3ccccc32)cc1)N(C)S(=O)(=O)c1cn(C)c(=O)n(C)c1=O. The number of imidazole rings is 1. The van der Waals surface area contributed by atoms with E-state index >= 15 is 0 Å². The Balaban J connectivity index is 1.67. The summed E-state index contributed by atoms with van der Waals surface area (Å²) in [5, 5.41) is 0. The maximum atomic E-state index is 13.2. The number of para-hydroxylation sites is 2. The summed E-state index contributed by atoms with van der Waals surface area (Å²) in [7, 11) is -0.0563. The van der Waals surface area contributed by atoms with Gasteiger partial charge in [-0.3, -0.25) is 13.9 Å². The Bertz CT molecular complexity index is 1530. The van der Waals surface area contributed by atoms with Gasteiger partial charge in [-0.1, -0.05) is 24.3 Å². The molecule has 4 rings (SSSR count). The smallest absolute Gasteiger partial charge is 0.302 e. The maximum Gasteiger partial charge on any atom is 0.330 e. The van der Waals surface area contributed by atoms with Crippen molar-refractivity contribution in [1.29, 1.82) is 0 Å². The molecule has 0 amide bonds. The minimum atomic E-state index is -4.14. The van der Waals surface area contributed by atoms with E-state index in [0.717, 1.165) is 41.9 Å². The van der Waals surface area contributed by atoms with Crippen LogP contribution in [0.1, 0.15) is 18.5 Å². The molecule has 4 aromatic rings. The highest BCUT2D eigenvalue weighted by molar-refractivity contribution is 7.89. The summed E-state index contributed by atoms with van der Waals surface area (Å²) in [5.41, 5.74) is 2.06. The van der Waals surface area contributed by atoms with Gasteiger partial charge in [0.15, 0.2) is 4.90 Å². The first-order valence-corrected chi connectivity index (χ1v) is 11.3. The standard InChI is InChI=1S/C22H23N5O4S/c1-15(26(4)32(30,31)20-13-24(2)22(29)25(3)21(20)28)16-9-11-17(12-10-16)27-14-23-18-7-5-6-8-19(18)27/h5-15H,1-4H3/t15-/m1/s1. The van der Waals surface area contributed by atoms with E-state index < -0.39 is 32.2 Å². The zero-order chi connectivity index (χ0) is 23.2. The van der Waals surface area contributed by atoms with Gasteiger partial charge in [0.2, 0.25) is 10.0 Å². The number of fused-ring (bicyclic) bond motifs is 1. The van der Waals surface area contributed by atoms with E-state index in [4.69, 9.17) is 0 Å². The lowest BCUT2D eigenvalue weighted by atomic mass is 10.1. The third kappa shape index (κ3) is 3.47. The van der Waals surface area contributed by atoms with Gasteiger partial charge < -0.3 is 4.57 Å². The van der Waals surface area contributed by atoms with Gasteiger partial charge in [0.05, 0.1) is 11.0 Å². The molecule has 0 unspecified atom stereocenters. The van der Waals surface area contributed by atoms with Crippen LogP contribution >= 0.6 is 0 Å². The number of hydrogen-bond acceptors (Lipinski definition) is 5. The molecule has 0 aliphatic carbocycles. The van der Waals surface area contributed by atoms with Crippen LogP contribution in [-0.2, 0) is 24.1 Å². The molecule has 2 heterocycles. The summed E-state index contributed by atoms with van der Waals surface area (Å²) in [6.45, 7) is 1.74. The van der Waals surface area contributed by atoms with E-state index in [0.29, 0.717) is 0 Å². The molecular formula is C22H23N5O4S. The Morgan fingerprint density at radius 2 is 1.66 bits per heavy atom. The van der Waals surface area contributed by atoms with Crippen LogP contribution in [0, 0.1) is 0 Å². The van der Waals surface area contributed by atoms with Crippen molar-refractivity contribution >= 4 is 21.1 Å². The van der Waals surface area contributed by atoms with Crippen LogP contribution < -0.4 is 11.2 Å². The van der Waals surface area contributed by atoms with Gasteiger partial charge in [0.1, 0.15) is 6.33 Å². The van der Waals surface area contributed by atoms with Crippen LogP contribution in [0.25, 0.3) is 16.7 Å². The second-order valence-corrected chi connectivity index (χ2v) is 9.61. The molecule has 2 aromatic carbocycles. The fourth-order valence-electron chi connectivity index (χ4n) is 3.60. The molecule has 0 spiro atoms. The topological polar surface area (TPSA) is 99.2 Å². The first kappa shape index (κ1) is 21.7. The fraction of sp³-hybridized carbons (Fsp3) is 0.227. The Morgan fingerprint density at radius 3 is 2.34 bits per heavy atom. The largest absolute Gasteiger partial charge is 0.330 e. The van der Waals surface area contributed by atoms with Gasteiger partial charge in [0, 0.05) is 39.1 Å². The number of rotatable bonds is 5. The lowest BCUT2D eigenvalue weighted by Gasteiger charge is -2.25. The molecule has 166 valence electrons. The van der Waals surface area contributed by atoms with Crippen LogP contribution in [0.4, 0.5) is 0 Å². The normalized spacial score (nSPS) is 13.0. The lowest BCUT2D eigenvalue weighted by molar-refractivity contribution is 0.396. The van der Waals surface area contributed by atoms with Gasteiger partial charge in [-0.05, 0) is 36.8 Å². The molecule has 0 radical (unpaired) electrons. The van der Waals surface area contributed by atoms with Crippen molar-refractivity contribution in [3.63, 3.8) is 0 Å². The molecular weight excluding hydrogens is 430 g/mol. The van der Waals surface area contributed by atoms with E-state index in [1.54, 1.807) is 13.3 Å². The summed E-state index contributed by atoms with van der Waals surface area (Å²) >= 11 is 0. The van der Waals surface area contributed by atoms with Crippen molar-refractivity contribution in [3.05, 3.63) is 87.5 Å². The maximum absolute atomic E-state index is 13.2. The molecule has 0 aliphatic heterocycles. The predicted molar refractivity (Wildman–Crippen MR) is 121 cm³/mol. The van der Waals surface area contributed by atoms with Gasteiger partial charge in [0.25, 0.3) is 5.56 Å². The minimum absolute atomic E-state index is 0.446. The Labute approximate surface area is 184 Å². The molecule has 32 heavy (non-hydrogen) atoms. The van der Waals surface area contributed by atoms with Gasteiger partial charge >= 0.3 is 5.69 Å². The second kappa shape index (κ2) is 7.88. The highest BCUT2D eigenvalue weighted by atomic mass is 32.2. The number of hydrogen-bond donors (Lipinski definition) is 0. The highest BCUT2D eigenvalue weighted by Crippen LogP contribution is 2.26. The molecule has 0 aliphatic rings. The van der Waals surface area contributed by atoms with Gasteiger partial charge in [-0.2, -0.15) is 4.31 Å². The average molecular weight is 454 g/mol. The van der Waals surface area contributed by atoms with E-state index in [1.165, 1.54) is 21.1 Å². The van der Waals surface area contributed by atoms with E-state index in [1.807, 2.05) is 53.1 Å².